The van der Waals surface area contributed by atoms with Crippen molar-refractivity contribution in [3.63, 3.8) is 0 Å². The summed E-state index contributed by atoms with van der Waals surface area (Å²) in [5, 5.41) is 3.33. The van der Waals surface area contributed by atoms with E-state index in [9.17, 15) is 0 Å². The summed E-state index contributed by atoms with van der Waals surface area (Å²) >= 11 is 0. The molecule has 4 nitrogen and oxygen atoms in total. The summed E-state index contributed by atoms with van der Waals surface area (Å²) in [6.45, 7) is 3.11. The molecule has 24 heavy (non-hydrogen) atoms. The van der Waals surface area contributed by atoms with E-state index in [4.69, 9.17) is 14.2 Å². The second kappa shape index (κ2) is 8.71. The fraction of sp³-hybridized carbons (Fsp3) is 0.400. The molecular formula is C20H25NO3. The van der Waals surface area contributed by atoms with Crippen molar-refractivity contribution in [2.45, 2.75) is 18.9 Å². The minimum Gasteiger partial charge on any atom is -0.496 e. The molecule has 2 aromatic rings. The van der Waals surface area contributed by atoms with Crippen molar-refractivity contribution in [2.24, 2.45) is 0 Å². The van der Waals surface area contributed by atoms with Crippen LogP contribution in [-0.4, -0.2) is 39.5 Å². The Hall–Kier alpha value is -2.04. The summed E-state index contributed by atoms with van der Waals surface area (Å²) in [4.78, 5) is 0. The van der Waals surface area contributed by atoms with Gasteiger partial charge in [0.1, 0.15) is 24.2 Å². The first-order valence-corrected chi connectivity index (χ1v) is 8.51. The number of rotatable bonds is 7. The van der Waals surface area contributed by atoms with Crippen molar-refractivity contribution < 1.29 is 14.2 Å². The lowest BCUT2D eigenvalue weighted by molar-refractivity contribution is 0.0000136. The molecule has 1 aliphatic heterocycles. The average Bonchev–Trinajstić information content (AvgIpc) is 2.66. The molecule has 1 heterocycles. The lowest BCUT2D eigenvalue weighted by atomic mass is 10.0. The molecule has 0 bridgehead atoms. The van der Waals surface area contributed by atoms with Gasteiger partial charge < -0.3 is 19.5 Å². The number of hydrogen-bond acceptors (Lipinski definition) is 4. The second-order valence-corrected chi connectivity index (χ2v) is 5.93. The Morgan fingerprint density at radius 2 is 1.67 bits per heavy atom. The Kier molecular flexibility index (Phi) is 6.10. The number of aryl methyl sites for hydroxylation is 2. The fourth-order valence-corrected chi connectivity index (χ4v) is 2.94. The fourth-order valence-electron chi connectivity index (χ4n) is 2.94. The summed E-state index contributed by atoms with van der Waals surface area (Å²) in [5.74, 6) is 1.89. The van der Waals surface area contributed by atoms with Crippen molar-refractivity contribution in [1.29, 1.82) is 0 Å². The molecule has 0 amide bonds. The standard InChI is InChI=1S/C20H25NO3/c1-22-19-8-4-2-6-16(19)10-11-17-7-3-5-9-20(17)24-15-18-14-21-12-13-23-18/h2-9,18,21H,10-15H2,1H3/t18-/m1/s1. The predicted molar refractivity (Wildman–Crippen MR) is 94.9 cm³/mol. The van der Waals surface area contributed by atoms with Crippen LogP contribution >= 0.6 is 0 Å². The van der Waals surface area contributed by atoms with E-state index >= 15 is 0 Å². The highest BCUT2D eigenvalue weighted by Gasteiger charge is 2.15. The maximum atomic E-state index is 6.03. The third kappa shape index (κ3) is 4.49. The van der Waals surface area contributed by atoms with E-state index in [0.29, 0.717) is 6.61 Å². The first-order chi connectivity index (χ1) is 11.9. The molecule has 0 aliphatic carbocycles. The monoisotopic (exact) mass is 327 g/mol. The smallest absolute Gasteiger partial charge is 0.122 e. The zero-order valence-electron chi connectivity index (χ0n) is 14.2. The largest absolute Gasteiger partial charge is 0.496 e. The highest BCUT2D eigenvalue weighted by Crippen LogP contribution is 2.24. The number of hydrogen-bond donors (Lipinski definition) is 1. The third-order valence-corrected chi connectivity index (χ3v) is 4.26. The molecule has 0 aromatic heterocycles. The topological polar surface area (TPSA) is 39.7 Å². The normalized spacial score (nSPS) is 17.5. The molecule has 4 heteroatoms. The number of morpholine rings is 1. The summed E-state index contributed by atoms with van der Waals surface area (Å²) in [6.07, 6.45) is 1.97. The summed E-state index contributed by atoms with van der Waals surface area (Å²) in [6, 6.07) is 16.4. The molecule has 0 radical (unpaired) electrons. The molecule has 1 N–H and O–H groups in total. The maximum Gasteiger partial charge on any atom is 0.122 e. The van der Waals surface area contributed by atoms with Crippen molar-refractivity contribution in [3.05, 3.63) is 59.7 Å². The first kappa shape index (κ1) is 16.8. The lowest BCUT2D eigenvalue weighted by Gasteiger charge is -2.24. The van der Waals surface area contributed by atoms with Gasteiger partial charge in [-0.05, 0) is 36.1 Å². The molecule has 2 aromatic carbocycles. The van der Waals surface area contributed by atoms with Gasteiger partial charge in [0.2, 0.25) is 0 Å². The number of methoxy groups -OCH3 is 1. The molecule has 0 spiro atoms. The minimum absolute atomic E-state index is 0.126. The van der Waals surface area contributed by atoms with Crippen LogP contribution in [0, 0.1) is 0 Å². The van der Waals surface area contributed by atoms with Crippen LogP contribution in [-0.2, 0) is 17.6 Å². The number of nitrogens with one attached hydrogen (secondary N) is 1. The Balaban J connectivity index is 1.61. The molecule has 0 saturated carbocycles. The molecular weight excluding hydrogens is 302 g/mol. The zero-order chi connectivity index (χ0) is 16.6. The van der Waals surface area contributed by atoms with E-state index in [1.54, 1.807) is 7.11 Å². The van der Waals surface area contributed by atoms with Gasteiger partial charge in [0.25, 0.3) is 0 Å². The average molecular weight is 327 g/mol. The number of benzene rings is 2. The third-order valence-electron chi connectivity index (χ3n) is 4.26. The predicted octanol–water partition coefficient (Wildman–Crippen LogP) is 2.85. The van der Waals surface area contributed by atoms with Crippen LogP contribution in [0.2, 0.25) is 0 Å². The van der Waals surface area contributed by atoms with Gasteiger partial charge in [0.15, 0.2) is 0 Å². The highest BCUT2D eigenvalue weighted by molar-refractivity contribution is 5.37. The second-order valence-electron chi connectivity index (χ2n) is 5.93. The van der Waals surface area contributed by atoms with Crippen LogP contribution in [0.25, 0.3) is 0 Å². The molecule has 1 atom stereocenters. The SMILES string of the molecule is COc1ccccc1CCc1ccccc1OC[C@H]1CNCCO1. The van der Waals surface area contributed by atoms with Crippen LogP contribution in [0.15, 0.2) is 48.5 Å². The van der Waals surface area contributed by atoms with Crippen LogP contribution in [0.4, 0.5) is 0 Å². The van der Waals surface area contributed by atoms with E-state index in [0.717, 1.165) is 44.0 Å². The van der Waals surface area contributed by atoms with Gasteiger partial charge in [-0.3, -0.25) is 0 Å². The van der Waals surface area contributed by atoms with Crippen molar-refractivity contribution in [2.75, 3.05) is 33.4 Å². The lowest BCUT2D eigenvalue weighted by Crippen LogP contribution is -2.41. The molecule has 128 valence electrons. The summed E-state index contributed by atoms with van der Waals surface area (Å²) in [5.41, 5.74) is 2.43. The van der Waals surface area contributed by atoms with Gasteiger partial charge in [0.05, 0.1) is 13.7 Å². The van der Waals surface area contributed by atoms with Gasteiger partial charge in [-0.25, -0.2) is 0 Å². The van der Waals surface area contributed by atoms with E-state index < -0.39 is 0 Å². The van der Waals surface area contributed by atoms with E-state index in [-0.39, 0.29) is 6.10 Å². The molecule has 0 unspecified atom stereocenters. The Morgan fingerprint density at radius 1 is 1.00 bits per heavy atom. The van der Waals surface area contributed by atoms with Gasteiger partial charge in [-0.15, -0.1) is 0 Å². The highest BCUT2D eigenvalue weighted by atomic mass is 16.5. The molecule has 1 saturated heterocycles. The van der Waals surface area contributed by atoms with Crippen LogP contribution in [0.1, 0.15) is 11.1 Å². The van der Waals surface area contributed by atoms with Crippen LogP contribution in [0.5, 0.6) is 11.5 Å². The van der Waals surface area contributed by atoms with Crippen molar-refractivity contribution in [1.82, 2.24) is 5.32 Å². The van der Waals surface area contributed by atoms with Crippen LogP contribution < -0.4 is 14.8 Å². The van der Waals surface area contributed by atoms with Crippen molar-refractivity contribution >= 4 is 0 Å². The molecule has 1 aliphatic rings. The Morgan fingerprint density at radius 3 is 2.33 bits per heavy atom. The van der Waals surface area contributed by atoms with E-state index in [2.05, 4.69) is 23.5 Å². The van der Waals surface area contributed by atoms with E-state index in [1.165, 1.54) is 11.1 Å². The van der Waals surface area contributed by atoms with Gasteiger partial charge in [-0.2, -0.15) is 0 Å². The van der Waals surface area contributed by atoms with Gasteiger partial charge in [0, 0.05) is 13.1 Å². The zero-order valence-corrected chi connectivity index (χ0v) is 14.2. The Bertz CT molecular complexity index is 638. The van der Waals surface area contributed by atoms with Crippen molar-refractivity contribution in [3.8, 4) is 11.5 Å². The van der Waals surface area contributed by atoms with Crippen LogP contribution in [0.3, 0.4) is 0 Å². The first-order valence-electron chi connectivity index (χ1n) is 8.51. The quantitative estimate of drug-likeness (QED) is 0.849. The van der Waals surface area contributed by atoms with E-state index in [1.807, 2.05) is 30.3 Å². The summed E-state index contributed by atoms with van der Waals surface area (Å²) < 4.78 is 17.2. The molecule has 3 rings (SSSR count). The summed E-state index contributed by atoms with van der Waals surface area (Å²) in [7, 11) is 1.72. The Labute approximate surface area is 143 Å². The number of ether oxygens (including phenoxy) is 3. The number of para-hydroxylation sites is 2. The van der Waals surface area contributed by atoms with Gasteiger partial charge >= 0.3 is 0 Å². The maximum absolute atomic E-state index is 6.03. The molecule has 1 fully saturated rings. The van der Waals surface area contributed by atoms with Gasteiger partial charge in [-0.1, -0.05) is 36.4 Å². The minimum atomic E-state index is 0.126.